The summed E-state index contributed by atoms with van der Waals surface area (Å²) in [7, 11) is 0. The molecular formula is C11H14BrNO. The summed E-state index contributed by atoms with van der Waals surface area (Å²) < 4.78 is 0.744. The average Bonchev–Trinajstić information content (AvgIpc) is 2.15. The van der Waals surface area contributed by atoms with E-state index in [2.05, 4.69) is 27.5 Å². The fraction of sp³-hybridized carbons (Fsp3) is 0.364. The molecule has 0 aliphatic carbocycles. The maximum Gasteiger partial charge on any atom is 0.106 e. The summed E-state index contributed by atoms with van der Waals surface area (Å²) in [5.74, 6) is 0. The molecule has 1 unspecified atom stereocenters. The third-order valence-electron chi connectivity index (χ3n) is 2.10. The van der Waals surface area contributed by atoms with Gasteiger partial charge in [-0.15, -0.1) is 6.58 Å². The van der Waals surface area contributed by atoms with E-state index in [1.807, 2.05) is 18.2 Å². The molecule has 1 aromatic heterocycles. The number of aromatic nitrogens is 1. The number of aliphatic hydroxyl groups is 1. The van der Waals surface area contributed by atoms with Crippen molar-refractivity contribution < 1.29 is 5.11 Å². The van der Waals surface area contributed by atoms with Crippen LogP contribution in [-0.2, 0) is 5.60 Å². The zero-order chi connectivity index (χ0) is 10.6. The number of allylic oxidation sites excluding steroid dienone is 1. The Labute approximate surface area is 92.8 Å². The van der Waals surface area contributed by atoms with Crippen LogP contribution < -0.4 is 0 Å². The highest BCUT2D eigenvalue weighted by Crippen LogP contribution is 2.25. The van der Waals surface area contributed by atoms with Gasteiger partial charge in [-0.25, -0.2) is 4.98 Å². The van der Waals surface area contributed by atoms with Crippen LogP contribution in [-0.4, -0.2) is 10.1 Å². The standard InChI is InChI=1S/C11H14BrNO/c1-3-4-8-11(2,14)9-6-5-7-10(12)13-9/h3,5-7,14H,1,4,8H2,2H3. The van der Waals surface area contributed by atoms with Crippen molar-refractivity contribution in [2.75, 3.05) is 0 Å². The van der Waals surface area contributed by atoms with Crippen molar-refractivity contribution in [3.8, 4) is 0 Å². The molecule has 76 valence electrons. The normalized spacial score (nSPS) is 14.8. The lowest BCUT2D eigenvalue weighted by atomic mass is 9.96. The maximum atomic E-state index is 10.1. The van der Waals surface area contributed by atoms with Crippen LogP contribution in [0.15, 0.2) is 35.5 Å². The molecule has 0 saturated carbocycles. The molecule has 1 heterocycles. The topological polar surface area (TPSA) is 33.1 Å². The van der Waals surface area contributed by atoms with Crippen molar-refractivity contribution in [3.05, 3.63) is 41.2 Å². The van der Waals surface area contributed by atoms with Crippen molar-refractivity contribution in [3.63, 3.8) is 0 Å². The van der Waals surface area contributed by atoms with E-state index in [9.17, 15) is 5.11 Å². The van der Waals surface area contributed by atoms with Crippen molar-refractivity contribution in [2.45, 2.75) is 25.4 Å². The van der Waals surface area contributed by atoms with Gasteiger partial charge in [-0.3, -0.25) is 0 Å². The molecule has 0 spiro atoms. The first-order chi connectivity index (χ1) is 6.56. The largest absolute Gasteiger partial charge is 0.384 e. The molecule has 1 atom stereocenters. The molecule has 2 nitrogen and oxygen atoms in total. The summed E-state index contributed by atoms with van der Waals surface area (Å²) in [6, 6.07) is 5.54. The molecule has 0 fully saturated rings. The highest BCUT2D eigenvalue weighted by molar-refractivity contribution is 9.10. The zero-order valence-electron chi connectivity index (χ0n) is 8.20. The Morgan fingerprint density at radius 2 is 2.36 bits per heavy atom. The Hall–Kier alpha value is -0.670. The van der Waals surface area contributed by atoms with Crippen molar-refractivity contribution in [2.24, 2.45) is 0 Å². The third-order valence-corrected chi connectivity index (χ3v) is 2.54. The van der Waals surface area contributed by atoms with Gasteiger partial charge >= 0.3 is 0 Å². The summed E-state index contributed by atoms with van der Waals surface area (Å²) in [4.78, 5) is 4.23. The van der Waals surface area contributed by atoms with Gasteiger partial charge in [-0.1, -0.05) is 12.1 Å². The van der Waals surface area contributed by atoms with Crippen LogP contribution in [0, 0.1) is 0 Å². The first-order valence-corrected chi connectivity index (χ1v) is 5.32. The van der Waals surface area contributed by atoms with E-state index in [0.29, 0.717) is 12.1 Å². The number of pyridine rings is 1. The van der Waals surface area contributed by atoms with Crippen molar-refractivity contribution >= 4 is 15.9 Å². The van der Waals surface area contributed by atoms with E-state index in [1.165, 1.54) is 0 Å². The first kappa shape index (κ1) is 11.4. The van der Waals surface area contributed by atoms with Gasteiger partial charge in [-0.2, -0.15) is 0 Å². The number of rotatable bonds is 4. The van der Waals surface area contributed by atoms with Crippen molar-refractivity contribution in [1.82, 2.24) is 4.98 Å². The van der Waals surface area contributed by atoms with Gasteiger partial charge in [0.2, 0.25) is 0 Å². The lowest BCUT2D eigenvalue weighted by Crippen LogP contribution is -2.22. The monoisotopic (exact) mass is 255 g/mol. The van der Waals surface area contributed by atoms with E-state index in [0.717, 1.165) is 11.0 Å². The smallest absolute Gasteiger partial charge is 0.106 e. The van der Waals surface area contributed by atoms with Gasteiger partial charge in [-0.05, 0) is 47.8 Å². The number of hydrogen-bond acceptors (Lipinski definition) is 2. The van der Waals surface area contributed by atoms with Gasteiger partial charge in [0.25, 0.3) is 0 Å². The van der Waals surface area contributed by atoms with E-state index < -0.39 is 5.60 Å². The molecule has 0 radical (unpaired) electrons. The minimum Gasteiger partial charge on any atom is -0.384 e. The predicted octanol–water partition coefficient (Wildman–Crippen LogP) is 3.02. The Morgan fingerprint density at radius 3 is 2.93 bits per heavy atom. The van der Waals surface area contributed by atoms with Gasteiger partial charge < -0.3 is 5.11 Å². The second-order valence-corrected chi connectivity index (χ2v) is 4.26. The third kappa shape index (κ3) is 2.93. The van der Waals surface area contributed by atoms with E-state index in [-0.39, 0.29) is 0 Å². The van der Waals surface area contributed by atoms with Crippen LogP contribution in [0.5, 0.6) is 0 Å². The van der Waals surface area contributed by atoms with Crippen molar-refractivity contribution in [1.29, 1.82) is 0 Å². The molecule has 1 aromatic rings. The lowest BCUT2D eigenvalue weighted by molar-refractivity contribution is 0.0441. The minimum absolute atomic E-state index is 0.639. The predicted molar refractivity (Wildman–Crippen MR) is 60.9 cm³/mol. The number of halogens is 1. The Kier molecular flexibility index (Phi) is 3.84. The summed E-state index contributed by atoms with van der Waals surface area (Å²) in [6.45, 7) is 5.40. The van der Waals surface area contributed by atoms with Gasteiger partial charge in [0.15, 0.2) is 0 Å². The van der Waals surface area contributed by atoms with Crippen LogP contribution in [0.1, 0.15) is 25.5 Å². The Bertz CT molecular complexity index is 323. The van der Waals surface area contributed by atoms with Crippen LogP contribution >= 0.6 is 15.9 Å². The zero-order valence-corrected chi connectivity index (χ0v) is 9.79. The number of hydrogen-bond donors (Lipinski definition) is 1. The molecule has 0 aliphatic heterocycles. The van der Waals surface area contributed by atoms with Crippen LogP contribution in [0.4, 0.5) is 0 Å². The van der Waals surface area contributed by atoms with E-state index in [4.69, 9.17) is 0 Å². The Balaban J connectivity index is 2.85. The fourth-order valence-corrected chi connectivity index (χ4v) is 1.56. The first-order valence-electron chi connectivity index (χ1n) is 4.52. The van der Waals surface area contributed by atoms with Crippen LogP contribution in [0.2, 0.25) is 0 Å². The highest BCUT2D eigenvalue weighted by Gasteiger charge is 2.23. The van der Waals surface area contributed by atoms with E-state index >= 15 is 0 Å². The quantitative estimate of drug-likeness (QED) is 0.663. The summed E-state index contributed by atoms with van der Waals surface area (Å²) in [5, 5.41) is 10.1. The summed E-state index contributed by atoms with van der Waals surface area (Å²) >= 11 is 3.28. The fourth-order valence-electron chi connectivity index (χ4n) is 1.22. The van der Waals surface area contributed by atoms with Gasteiger partial charge in [0.05, 0.1) is 5.69 Å². The van der Waals surface area contributed by atoms with Gasteiger partial charge in [0, 0.05) is 0 Å². The molecule has 0 aromatic carbocycles. The maximum absolute atomic E-state index is 10.1. The highest BCUT2D eigenvalue weighted by atomic mass is 79.9. The SMILES string of the molecule is C=CCCC(C)(O)c1cccc(Br)n1. The molecule has 0 bridgehead atoms. The minimum atomic E-state index is -0.877. The molecule has 0 saturated heterocycles. The number of nitrogens with zero attached hydrogens (tertiary/aromatic N) is 1. The molecule has 1 N–H and O–H groups in total. The molecule has 14 heavy (non-hydrogen) atoms. The summed E-state index contributed by atoms with van der Waals surface area (Å²) in [6.07, 6.45) is 3.22. The van der Waals surface area contributed by atoms with Crippen LogP contribution in [0.25, 0.3) is 0 Å². The molecule has 3 heteroatoms. The second kappa shape index (κ2) is 4.71. The van der Waals surface area contributed by atoms with Gasteiger partial charge in [0.1, 0.15) is 10.2 Å². The Morgan fingerprint density at radius 1 is 1.64 bits per heavy atom. The average molecular weight is 256 g/mol. The van der Waals surface area contributed by atoms with Crippen LogP contribution in [0.3, 0.4) is 0 Å². The molecule has 0 aliphatic rings. The lowest BCUT2D eigenvalue weighted by Gasteiger charge is -2.21. The molecular weight excluding hydrogens is 242 g/mol. The summed E-state index contributed by atoms with van der Waals surface area (Å²) in [5.41, 5.74) is -0.188. The second-order valence-electron chi connectivity index (χ2n) is 3.45. The molecule has 0 amide bonds. The van der Waals surface area contributed by atoms with E-state index in [1.54, 1.807) is 13.0 Å². The molecule has 1 rings (SSSR count).